The number of ether oxygens (including phenoxy) is 1. The second kappa shape index (κ2) is 6.93. The van der Waals surface area contributed by atoms with Crippen molar-refractivity contribution in [1.29, 1.82) is 0 Å². The number of nitrogens with zero attached hydrogens (tertiary/aromatic N) is 1. The second-order valence-corrected chi connectivity index (χ2v) is 6.18. The van der Waals surface area contributed by atoms with Gasteiger partial charge in [0.2, 0.25) is 0 Å². The molecular weight excluding hydrogens is 250 g/mol. The third kappa shape index (κ3) is 3.85. The summed E-state index contributed by atoms with van der Waals surface area (Å²) in [7, 11) is 0. The van der Waals surface area contributed by atoms with Gasteiger partial charge in [-0.05, 0) is 43.4 Å². The summed E-state index contributed by atoms with van der Waals surface area (Å²) in [6, 6.07) is 4.36. The van der Waals surface area contributed by atoms with Crippen LogP contribution in [0.4, 0.5) is 5.82 Å². The van der Waals surface area contributed by atoms with Crippen LogP contribution in [0, 0.1) is 5.41 Å². The van der Waals surface area contributed by atoms with E-state index in [9.17, 15) is 0 Å². The quantitative estimate of drug-likeness (QED) is 0.839. The topological polar surface area (TPSA) is 46.2 Å². The summed E-state index contributed by atoms with van der Waals surface area (Å²) in [5.41, 5.74) is 0.324. The molecule has 2 rings (SSSR count). The van der Waals surface area contributed by atoms with Crippen LogP contribution in [0.3, 0.4) is 0 Å². The van der Waals surface area contributed by atoms with Crippen LogP contribution in [0.5, 0.6) is 5.75 Å². The SMILES string of the molecule is CCCOc1cccnc1NCC1NCCCC1(C)C. The zero-order valence-electron chi connectivity index (χ0n) is 12.9. The Hall–Kier alpha value is -1.29. The van der Waals surface area contributed by atoms with Crippen molar-refractivity contribution in [2.24, 2.45) is 5.41 Å². The standard InChI is InChI=1S/C16H27N3O/c1-4-11-20-13-7-5-9-18-15(13)19-12-14-16(2,3)8-6-10-17-14/h5,7,9,14,17H,4,6,8,10-12H2,1-3H3,(H,18,19). The molecule has 0 aliphatic carbocycles. The number of aromatic nitrogens is 1. The van der Waals surface area contributed by atoms with Gasteiger partial charge in [0.15, 0.2) is 11.6 Å². The van der Waals surface area contributed by atoms with Crippen LogP contribution in [0.25, 0.3) is 0 Å². The smallest absolute Gasteiger partial charge is 0.168 e. The third-order valence-electron chi connectivity index (χ3n) is 4.04. The number of piperidine rings is 1. The van der Waals surface area contributed by atoms with Crippen LogP contribution in [0.2, 0.25) is 0 Å². The summed E-state index contributed by atoms with van der Waals surface area (Å²) in [5, 5.41) is 7.06. The molecule has 1 aromatic rings. The summed E-state index contributed by atoms with van der Waals surface area (Å²) in [6.07, 6.45) is 5.35. The number of nitrogens with one attached hydrogen (secondary N) is 2. The van der Waals surface area contributed by atoms with Crippen molar-refractivity contribution >= 4 is 5.82 Å². The van der Waals surface area contributed by atoms with Gasteiger partial charge in [-0.3, -0.25) is 0 Å². The minimum Gasteiger partial charge on any atom is -0.490 e. The molecule has 1 aromatic heterocycles. The van der Waals surface area contributed by atoms with Gasteiger partial charge in [0.1, 0.15) is 0 Å². The number of hydrogen-bond acceptors (Lipinski definition) is 4. The average Bonchev–Trinajstić information content (AvgIpc) is 2.44. The Morgan fingerprint density at radius 2 is 2.35 bits per heavy atom. The Morgan fingerprint density at radius 1 is 1.50 bits per heavy atom. The first-order valence-electron chi connectivity index (χ1n) is 7.68. The van der Waals surface area contributed by atoms with Crippen LogP contribution in [0.15, 0.2) is 18.3 Å². The average molecular weight is 277 g/mol. The van der Waals surface area contributed by atoms with E-state index in [1.54, 1.807) is 6.20 Å². The van der Waals surface area contributed by atoms with E-state index >= 15 is 0 Å². The number of anilines is 1. The lowest BCUT2D eigenvalue weighted by Gasteiger charge is -2.39. The van der Waals surface area contributed by atoms with Crippen molar-refractivity contribution in [3.05, 3.63) is 18.3 Å². The van der Waals surface area contributed by atoms with Crippen molar-refractivity contribution in [2.75, 3.05) is 25.0 Å². The highest BCUT2D eigenvalue weighted by molar-refractivity contribution is 5.49. The lowest BCUT2D eigenvalue weighted by atomic mass is 9.77. The highest BCUT2D eigenvalue weighted by atomic mass is 16.5. The molecule has 1 saturated heterocycles. The Balaban J connectivity index is 1.96. The highest BCUT2D eigenvalue weighted by Gasteiger charge is 2.31. The number of hydrogen-bond donors (Lipinski definition) is 2. The summed E-state index contributed by atoms with van der Waals surface area (Å²) < 4.78 is 5.73. The number of pyridine rings is 1. The van der Waals surface area contributed by atoms with Gasteiger partial charge in [-0.15, -0.1) is 0 Å². The molecular formula is C16H27N3O. The van der Waals surface area contributed by atoms with E-state index in [1.165, 1.54) is 12.8 Å². The zero-order valence-corrected chi connectivity index (χ0v) is 12.9. The first-order valence-corrected chi connectivity index (χ1v) is 7.68. The van der Waals surface area contributed by atoms with Crippen molar-refractivity contribution in [3.63, 3.8) is 0 Å². The molecule has 1 aliphatic rings. The molecule has 2 N–H and O–H groups in total. The maximum absolute atomic E-state index is 5.73. The van der Waals surface area contributed by atoms with Gasteiger partial charge in [0, 0.05) is 18.8 Å². The van der Waals surface area contributed by atoms with Crippen LogP contribution >= 0.6 is 0 Å². The van der Waals surface area contributed by atoms with Gasteiger partial charge in [-0.2, -0.15) is 0 Å². The molecule has 1 fully saturated rings. The monoisotopic (exact) mass is 277 g/mol. The van der Waals surface area contributed by atoms with Gasteiger partial charge in [-0.1, -0.05) is 20.8 Å². The third-order valence-corrected chi connectivity index (χ3v) is 4.04. The van der Waals surface area contributed by atoms with E-state index in [2.05, 4.69) is 36.4 Å². The molecule has 2 heterocycles. The van der Waals surface area contributed by atoms with Gasteiger partial charge in [0.05, 0.1) is 6.61 Å². The van der Waals surface area contributed by atoms with Crippen molar-refractivity contribution < 1.29 is 4.74 Å². The Labute approximate surface area is 122 Å². The first kappa shape index (κ1) is 15.1. The predicted octanol–water partition coefficient (Wildman–Crippen LogP) is 3.06. The summed E-state index contributed by atoms with van der Waals surface area (Å²) in [6.45, 7) is 9.49. The lowest BCUT2D eigenvalue weighted by Crippen LogP contribution is -2.50. The zero-order chi connectivity index (χ0) is 14.4. The minimum atomic E-state index is 0.324. The molecule has 112 valence electrons. The summed E-state index contributed by atoms with van der Waals surface area (Å²) >= 11 is 0. The second-order valence-electron chi connectivity index (χ2n) is 6.18. The summed E-state index contributed by atoms with van der Waals surface area (Å²) in [4.78, 5) is 4.40. The fraction of sp³-hybridized carbons (Fsp3) is 0.688. The van der Waals surface area contributed by atoms with Gasteiger partial charge in [0.25, 0.3) is 0 Å². The minimum absolute atomic E-state index is 0.324. The van der Waals surface area contributed by atoms with E-state index in [1.807, 2.05) is 12.1 Å². The van der Waals surface area contributed by atoms with Crippen molar-refractivity contribution in [1.82, 2.24) is 10.3 Å². The van der Waals surface area contributed by atoms with E-state index in [4.69, 9.17) is 4.74 Å². The predicted molar refractivity (Wildman–Crippen MR) is 83.3 cm³/mol. The van der Waals surface area contributed by atoms with E-state index in [0.29, 0.717) is 11.5 Å². The van der Waals surface area contributed by atoms with Crippen molar-refractivity contribution in [3.8, 4) is 5.75 Å². The van der Waals surface area contributed by atoms with Crippen molar-refractivity contribution in [2.45, 2.75) is 46.1 Å². The lowest BCUT2D eigenvalue weighted by molar-refractivity contribution is 0.188. The first-order chi connectivity index (χ1) is 9.63. The maximum atomic E-state index is 5.73. The molecule has 1 atom stereocenters. The Morgan fingerprint density at radius 3 is 3.10 bits per heavy atom. The van der Waals surface area contributed by atoms with Gasteiger partial charge in [-0.25, -0.2) is 4.98 Å². The highest BCUT2D eigenvalue weighted by Crippen LogP contribution is 2.30. The molecule has 1 unspecified atom stereocenters. The molecule has 1 aliphatic heterocycles. The van der Waals surface area contributed by atoms with E-state index < -0.39 is 0 Å². The van der Waals surface area contributed by atoms with Crippen LogP contribution < -0.4 is 15.4 Å². The van der Waals surface area contributed by atoms with Crippen LogP contribution in [-0.2, 0) is 0 Å². The molecule has 0 amide bonds. The Kier molecular flexibility index (Phi) is 5.24. The molecule has 0 saturated carbocycles. The molecule has 0 radical (unpaired) electrons. The number of rotatable bonds is 6. The molecule has 4 nitrogen and oxygen atoms in total. The fourth-order valence-electron chi connectivity index (χ4n) is 2.67. The normalized spacial score (nSPS) is 21.4. The van der Waals surface area contributed by atoms with Gasteiger partial charge >= 0.3 is 0 Å². The van der Waals surface area contributed by atoms with Gasteiger partial charge < -0.3 is 15.4 Å². The molecule has 0 spiro atoms. The van der Waals surface area contributed by atoms with E-state index in [0.717, 1.165) is 37.7 Å². The van der Waals surface area contributed by atoms with Crippen LogP contribution in [-0.4, -0.2) is 30.7 Å². The molecule has 20 heavy (non-hydrogen) atoms. The van der Waals surface area contributed by atoms with E-state index in [-0.39, 0.29) is 0 Å². The maximum Gasteiger partial charge on any atom is 0.168 e. The molecule has 0 bridgehead atoms. The molecule has 4 heteroatoms. The molecule has 0 aromatic carbocycles. The van der Waals surface area contributed by atoms with Crippen LogP contribution in [0.1, 0.15) is 40.0 Å². The summed E-state index contributed by atoms with van der Waals surface area (Å²) in [5.74, 6) is 1.70. The Bertz CT molecular complexity index is 420. The fourth-order valence-corrected chi connectivity index (χ4v) is 2.67. The largest absolute Gasteiger partial charge is 0.490 e.